The number of rotatable bonds is 4. The van der Waals surface area contributed by atoms with Crippen molar-refractivity contribution in [1.82, 2.24) is 14.2 Å². The Morgan fingerprint density at radius 3 is 2.71 bits per heavy atom. The molecule has 194 valence electrons. The summed E-state index contributed by atoms with van der Waals surface area (Å²) in [4.78, 5) is 20.0. The fourth-order valence-corrected chi connectivity index (χ4v) is 7.89. The van der Waals surface area contributed by atoms with Crippen LogP contribution in [0.1, 0.15) is 89.6 Å². The summed E-state index contributed by atoms with van der Waals surface area (Å²) in [5.74, 6) is 0.983. The quantitative estimate of drug-likeness (QED) is 0.235. The molecule has 4 aromatic rings. The zero-order valence-electron chi connectivity index (χ0n) is 21.8. The highest BCUT2D eigenvalue weighted by atomic mass is 79.9. The van der Waals surface area contributed by atoms with E-state index in [1.54, 1.807) is 17.6 Å². The summed E-state index contributed by atoms with van der Waals surface area (Å²) in [5, 5.41) is 16.4. The molecule has 3 aromatic heterocycles. The van der Waals surface area contributed by atoms with Gasteiger partial charge in [0.05, 0.1) is 22.7 Å². The van der Waals surface area contributed by atoms with Gasteiger partial charge in [-0.25, -0.2) is 4.98 Å². The van der Waals surface area contributed by atoms with Crippen LogP contribution in [-0.2, 0) is 12.8 Å². The van der Waals surface area contributed by atoms with E-state index in [0.717, 1.165) is 82.8 Å². The van der Waals surface area contributed by atoms with E-state index < -0.39 is 0 Å². The van der Waals surface area contributed by atoms with Crippen LogP contribution in [0.4, 0.5) is 0 Å². The average Bonchev–Trinajstić information content (AvgIpc) is 3.43. The van der Waals surface area contributed by atoms with Crippen LogP contribution in [0.3, 0.4) is 0 Å². The number of hydrogen-bond donors (Lipinski definition) is 0. The lowest BCUT2D eigenvalue weighted by molar-refractivity contribution is 0.416. The minimum absolute atomic E-state index is 0.139. The zero-order chi connectivity index (χ0) is 26.4. The Hall–Kier alpha value is -3.02. The first kappa shape index (κ1) is 25.3. The summed E-state index contributed by atoms with van der Waals surface area (Å²) in [6.45, 7) is 4.13. The van der Waals surface area contributed by atoms with Gasteiger partial charge in [-0.3, -0.25) is 4.79 Å². The Kier molecular flexibility index (Phi) is 6.83. The van der Waals surface area contributed by atoms with E-state index >= 15 is 0 Å². The fourth-order valence-electron chi connectivity index (χ4n) is 6.08. The molecule has 2 aliphatic carbocycles. The topological polar surface area (TPSA) is 76.0 Å². The van der Waals surface area contributed by atoms with Crippen LogP contribution in [0.15, 0.2) is 38.6 Å². The van der Waals surface area contributed by atoms with Crippen LogP contribution in [0.25, 0.3) is 15.9 Å². The lowest BCUT2D eigenvalue weighted by Crippen LogP contribution is -2.25. The maximum absolute atomic E-state index is 13.7. The minimum atomic E-state index is -0.139. The fraction of sp³-hybridized carbons (Fsp3) is 0.400. The van der Waals surface area contributed by atoms with Gasteiger partial charge in [-0.15, -0.1) is 11.3 Å². The standard InChI is InChI=1S/C30H30BrN5OS/c1-18-14-21(19(2)35(18)30-25(16-32)23-10-6-7-11-27(23)38-30)17-33-36-28(20-8-4-3-5-9-20)34-26-13-12-22(31)15-24(26)29(36)37/h12-15,17,20H,3-11H2,1-2H3. The lowest BCUT2D eigenvalue weighted by atomic mass is 9.88. The van der Waals surface area contributed by atoms with Gasteiger partial charge in [-0.2, -0.15) is 15.0 Å². The highest BCUT2D eigenvalue weighted by molar-refractivity contribution is 9.10. The smallest absolute Gasteiger partial charge is 0.282 e. The molecule has 1 saturated carbocycles. The van der Waals surface area contributed by atoms with Gasteiger partial charge in [0.15, 0.2) is 0 Å². The van der Waals surface area contributed by atoms with Crippen molar-refractivity contribution in [3.8, 4) is 11.1 Å². The molecule has 6 nitrogen and oxygen atoms in total. The van der Waals surface area contributed by atoms with Crippen molar-refractivity contribution < 1.29 is 0 Å². The molecule has 0 saturated heterocycles. The highest BCUT2D eigenvalue weighted by Crippen LogP contribution is 2.38. The summed E-state index contributed by atoms with van der Waals surface area (Å²) >= 11 is 5.25. The summed E-state index contributed by atoms with van der Waals surface area (Å²) in [6.07, 6.45) is 11.7. The number of nitrogens with zero attached hydrogens (tertiary/aromatic N) is 5. The molecule has 0 aliphatic heterocycles. The second kappa shape index (κ2) is 10.3. The Labute approximate surface area is 234 Å². The first-order valence-electron chi connectivity index (χ1n) is 13.5. The van der Waals surface area contributed by atoms with E-state index in [0.29, 0.717) is 10.9 Å². The molecule has 1 aromatic carbocycles. The normalized spacial score (nSPS) is 16.3. The van der Waals surface area contributed by atoms with Gasteiger partial charge >= 0.3 is 0 Å². The van der Waals surface area contributed by atoms with Gasteiger partial charge < -0.3 is 4.57 Å². The molecule has 8 heteroatoms. The Balaban J connectivity index is 1.46. The van der Waals surface area contributed by atoms with Crippen LogP contribution in [0.2, 0.25) is 0 Å². The molecule has 0 N–H and O–H groups in total. The Bertz CT molecular complexity index is 1680. The van der Waals surface area contributed by atoms with Gasteiger partial charge in [0.25, 0.3) is 5.56 Å². The maximum atomic E-state index is 13.7. The first-order chi connectivity index (χ1) is 18.5. The molecule has 0 bridgehead atoms. The van der Waals surface area contributed by atoms with Crippen molar-refractivity contribution in [2.75, 3.05) is 0 Å². The zero-order valence-corrected chi connectivity index (χ0v) is 24.2. The minimum Gasteiger partial charge on any atom is -0.308 e. The van der Waals surface area contributed by atoms with Crippen molar-refractivity contribution in [1.29, 1.82) is 5.26 Å². The predicted molar refractivity (Wildman–Crippen MR) is 157 cm³/mol. The van der Waals surface area contributed by atoms with Crippen LogP contribution in [0.5, 0.6) is 0 Å². The van der Waals surface area contributed by atoms with E-state index in [1.165, 1.54) is 28.0 Å². The molecule has 0 spiro atoms. The SMILES string of the molecule is Cc1cc(C=Nn2c(C3CCCCC3)nc3ccc(Br)cc3c2=O)c(C)n1-c1sc2c(c1C#N)CCCC2. The van der Waals surface area contributed by atoms with E-state index in [2.05, 4.69) is 46.5 Å². The number of nitriles is 1. The van der Waals surface area contributed by atoms with E-state index in [-0.39, 0.29) is 11.5 Å². The molecule has 0 radical (unpaired) electrons. The monoisotopic (exact) mass is 587 g/mol. The van der Waals surface area contributed by atoms with Gasteiger partial charge in [0, 0.05) is 32.2 Å². The van der Waals surface area contributed by atoms with E-state index in [1.807, 2.05) is 18.2 Å². The van der Waals surface area contributed by atoms with Gasteiger partial charge in [0.1, 0.15) is 16.9 Å². The number of benzene rings is 1. The van der Waals surface area contributed by atoms with Gasteiger partial charge in [-0.05, 0) is 82.2 Å². The highest BCUT2D eigenvalue weighted by Gasteiger charge is 2.25. The summed E-state index contributed by atoms with van der Waals surface area (Å²) < 4.78 is 4.56. The number of fused-ring (bicyclic) bond motifs is 2. The molecule has 2 aliphatic rings. The lowest BCUT2D eigenvalue weighted by Gasteiger charge is -2.22. The van der Waals surface area contributed by atoms with Crippen LogP contribution in [0, 0.1) is 25.2 Å². The van der Waals surface area contributed by atoms with Gasteiger partial charge in [-0.1, -0.05) is 35.2 Å². The van der Waals surface area contributed by atoms with Crippen molar-refractivity contribution in [3.05, 3.63) is 77.9 Å². The number of aromatic nitrogens is 3. The molecule has 6 rings (SSSR count). The molecule has 38 heavy (non-hydrogen) atoms. The van der Waals surface area contributed by atoms with Crippen molar-refractivity contribution >= 4 is 44.4 Å². The molecular weight excluding hydrogens is 558 g/mol. The number of hydrogen-bond acceptors (Lipinski definition) is 5. The summed E-state index contributed by atoms with van der Waals surface area (Å²) in [6, 6.07) is 10.3. The van der Waals surface area contributed by atoms with Crippen molar-refractivity contribution in [3.63, 3.8) is 0 Å². The summed E-state index contributed by atoms with van der Waals surface area (Å²) in [5.41, 5.74) is 5.64. The third kappa shape index (κ3) is 4.36. The second-order valence-corrected chi connectivity index (χ2v) is 12.5. The third-order valence-electron chi connectivity index (χ3n) is 8.05. The largest absolute Gasteiger partial charge is 0.308 e. The van der Waals surface area contributed by atoms with Crippen molar-refractivity contribution in [2.24, 2.45) is 5.10 Å². The Morgan fingerprint density at radius 1 is 1.13 bits per heavy atom. The molecule has 0 amide bonds. The predicted octanol–water partition coefficient (Wildman–Crippen LogP) is 7.31. The molecule has 1 fully saturated rings. The number of halogens is 1. The Morgan fingerprint density at radius 2 is 1.92 bits per heavy atom. The maximum Gasteiger partial charge on any atom is 0.282 e. The van der Waals surface area contributed by atoms with Crippen molar-refractivity contribution in [2.45, 2.75) is 77.6 Å². The average molecular weight is 589 g/mol. The van der Waals surface area contributed by atoms with Crippen LogP contribution < -0.4 is 5.56 Å². The first-order valence-corrected chi connectivity index (χ1v) is 15.1. The van der Waals surface area contributed by atoms with E-state index in [9.17, 15) is 10.1 Å². The number of thiophene rings is 1. The van der Waals surface area contributed by atoms with E-state index in [4.69, 9.17) is 10.1 Å². The number of aryl methyl sites for hydroxylation is 2. The van der Waals surface area contributed by atoms with Gasteiger partial charge in [0.2, 0.25) is 0 Å². The molecule has 0 atom stereocenters. The van der Waals surface area contributed by atoms with Crippen LogP contribution >= 0.6 is 27.3 Å². The second-order valence-electron chi connectivity index (χ2n) is 10.5. The molecule has 3 heterocycles. The third-order valence-corrected chi connectivity index (χ3v) is 9.82. The molecule has 0 unspecified atom stereocenters. The van der Waals surface area contributed by atoms with Crippen LogP contribution in [-0.4, -0.2) is 20.4 Å². The molecular formula is C30H30BrN5OS. The summed E-state index contributed by atoms with van der Waals surface area (Å²) in [7, 11) is 0.